The third-order valence-electron chi connectivity index (χ3n) is 2.67. The first-order valence-corrected chi connectivity index (χ1v) is 5.86. The summed E-state index contributed by atoms with van der Waals surface area (Å²) >= 11 is 0. The summed E-state index contributed by atoms with van der Waals surface area (Å²) in [4.78, 5) is 16.9. The maximum absolute atomic E-state index is 11.7. The predicted molar refractivity (Wildman–Crippen MR) is 67.4 cm³/mol. The Labute approximate surface area is 106 Å². The molecule has 0 bridgehead atoms. The second kappa shape index (κ2) is 6.16. The molecular formula is C13H16N2O3. The van der Waals surface area contributed by atoms with Crippen molar-refractivity contribution in [1.29, 1.82) is 0 Å². The van der Waals surface area contributed by atoms with Gasteiger partial charge < -0.3 is 14.9 Å². The zero-order valence-electron chi connectivity index (χ0n) is 10.3. The molecule has 0 aliphatic carbocycles. The van der Waals surface area contributed by atoms with Gasteiger partial charge in [0.2, 0.25) is 6.10 Å². The third-order valence-corrected chi connectivity index (χ3v) is 2.67. The first kappa shape index (κ1) is 12.6. The van der Waals surface area contributed by atoms with E-state index >= 15 is 0 Å². The summed E-state index contributed by atoms with van der Waals surface area (Å²) in [6.07, 6.45) is -0.0277. The van der Waals surface area contributed by atoms with Crippen molar-refractivity contribution in [1.82, 2.24) is 5.32 Å². The van der Waals surface area contributed by atoms with Crippen molar-refractivity contribution in [2.75, 3.05) is 20.3 Å². The van der Waals surface area contributed by atoms with Crippen LogP contribution in [0.5, 0.6) is 0 Å². The lowest BCUT2D eigenvalue weighted by Gasteiger charge is -2.08. The molecule has 0 fully saturated rings. The van der Waals surface area contributed by atoms with Gasteiger partial charge in [-0.05, 0) is 5.56 Å². The van der Waals surface area contributed by atoms with E-state index < -0.39 is 6.10 Å². The number of amides is 1. The average Bonchev–Trinajstić information content (AvgIpc) is 2.89. The number of oxime groups is 1. The summed E-state index contributed by atoms with van der Waals surface area (Å²) in [5, 5.41) is 6.70. The molecule has 96 valence electrons. The average molecular weight is 248 g/mol. The summed E-state index contributed by atoms with van der Waals surface area (Å²) in [7, 11) is 1.59. The van der Waals surface area contributed by atoms with Crippen molar-refractivity contribution in [3.8, 4) is 0 Å². The molecule has 1 heterocycles. The van der Waals surface area contributed by atoms with E-state index in [-0.39, 0.29) is 5.91 Å². The van der Waals surface area contributed by atoms with E-state index in [0.29, 0.717) is 19.6 Å². The van der Waals surface area contributed by atoms with Crippen LogP contribution in [0, 0.1) is 0 Å². The van der Waals surface area contributed by atoms with E-state index in [1.54, 1.807) is 7.11 Å². The largest absolute Gasteiger partial charge is 0.383 e. The SMILES string of the molecule is COCCNC(=O)[C@@H]1CC(c2ccccc2)=NO1. The standard InChI is InChI=1S/C13H16N2O3/c1-17-8-7-14-13(16)12-9-11(15-18-12)10-5-3-2-4-6-10/h2-6,12H,7-9H2,1H3,(H,14,16)/t12-/m0/s1. The van der Waals surface area contributed by atoms with Gasteiger partial charge in [0.15, 0.2) is 0 Å². The Bertz CT molecular complexity index is 431. The minimum atomic E-state index is -0.530. The first-order chi connectivity index (χ1) is 8.81. The number of benzene rings is 1. The lowest BCUT2D eigenvalue weighted by Crippen LogP contribution is -2.36. The summed E-state index contributed by atoms with van der Waals surface area (Å²) in [6.45, 7) is 0.973. The van der Waals surface area contributed by atoms with Crippen LogP contribution in [0.1, 0.15) is 12.0 Å². The molecule has 1 amide bonds. The molecule has 0 unspecified atom stereocenters. The molecule has 1 aromatic carbocycles. The molecule has 0 spiro atoms. The number of methoxy groups -OCH3 is 1. The summed E-state index contributed by atoms with van der Waals surface area (Å²) < 4.78 is 4.86. The molecule has 1 aromatic rings. The molecule has 1 aliphatic rings. The predicted octanol–water partition coefficient (Wildman–Crippen LogP) is 0.942. The molecule has 0 saturated heterocycles. The fraction of sp³-hybridized carbons (Fsp3) is 0.385. The molecule has 2 rings (SSSR count). The van der Waals surface area contributed by atoms with Gasteiger partial charge in [0.05, 0.1) is 12.3 Å². The van der Waals surface area contributed by atoms with Crippen molar-refractivity contribution in [3.05, 3.63) is 35.9 Å². The van der Waals surface area contributed by atoms with E-state index in [2.05, 4.69) is 10.5 Å². The van der Waals surface area contributed by atoms with Crippen molar-refractivity contribution in [2.24, 2.45) is 5.16 Å². The van der Waals surface area contributed by atoms with Gasteiger partial charge in [-0.2, -0.15) is 0 Å². The topological polar surface area (TPSA) is 59.9 Å². The van der Waals surface area contributed by atoms with Crippen molar-refractivity contribution >= 4 is 11.6 Å². The number of nitrogens with one attached hydrogen (secondary N) is 1. The maximum atomic E-state index is 11.7. The monoisotopic (exact) mass is 248 g/mol. The van der Waals surface area contributed by atoms with Crippen LogP contribution in [0.3, 0.4) is 0 Å². The van der Waals surface area contributed by atoms with Crippen molar-refractivity contribution in [3.63, 3.8) is 0 Å². The number of ether oxygens (including phenoxy) is 1. The third kappa shape index (κ3) is 3.07. The van der Waals surface area contributed by atoms with Crippen molar-refractivity contribution < 1.29 is 14.4 Å². The Morgan fingerprint density at radius 1 is 1.50 bits per heavy atom. The Morgan fingerprint density at radius 3 is 3.00 bits per heavy atom. The summed E-state index contributed by atoms with van der Waals surface area (Å²) in [5.41, 5.74) is 1.80. The number of nitrogens with zero attached hydrogens (tertiary/aromatic N) is 1. The Kier molecular flexibility index (Phi) is 4.30. The van der Waals surface area contributed by atoms with Gasteiger partial charge in [0.25, 0.3) is 5.91 Å². The van der Waals surface area contributed by atoms with Crippen molar-refractivity contribution in [2.45, 2.75) is 12.5 Å². The van der Waals surface area contributed by atoms with Gasteiger partial charge in [-0.15, -0.1) is 0 Å². The minimum Gasteiger partial charge on any atom is -0.383 e. The number of rotatable bonds is 5. The highest BCUT2D eigenvalue weighted by molar-refractivity contribution is 6.04. The number of carbonyl (C=O) groups is 1. The highest BCUT2D eigenvalue weighted by Gasteiger charge is 2.28. The van der Waals surface area contributed by atoms with E-state index in [4.69, 9.17) is 9.57 Å². The van der Waals surface area contributed by atoms with Crippen LogP contribution in [0.15, 0.2) is 35.5 Å². The molecule has 0 saturated carbocycles. The highest BCUT2D eigenvalue weighted by Crippen LogP contribution is 2.16. The molecule has 1 N–H and O–H groups in total. The lowest BCUT2D eigenvalue weighted by molar-refractivity contribution is -0.131. The maximum Gasteiger partial charge on any atom is 0.264 e. The molecule has 0 radical (unpaired) electrons. The summed E-state index contributed by atoms with van der Waals surface area (Å²) in [5.74, 6) is -0.151. The molecule has 18 heavy (non-hydrogen) atoms. The first-order valence-electron chi connectivity index (χ1n) is 5.86. The quantitative estimate of drug-likeness (QED) is 0.789. The van der Waals surface area contributed by atoms with Gasteiger partial charge in [-0.25, -0.2) is 0 Å². The van der Waals surface area contributed by atoms with E-state index in [1.807, 2.05) is 30.3 Å². The van der Waals surface area contributed by atoms with Crippen LogP contribution in [-0.2, 0) is 14.4 Å². The lowest BCUT2D eigenvalue weighted by atomic mass is 10.0. The zero-order valence-corrected chi connectivity index (χ0v) is 10.3. The minimum absolute atomic E-state index is 0.151. The summed E-state index contributed by atoms with van der Waals surface area (Å²) in [6, 6.07) is 9.71. The van der Waals surface area contributed by atoms with Crippen LogP contribution in [0.4, 0.5) is 0 Å². The fourth-order valence-electron chi connectivity index (χ4n) is 1.71. The van der Waals surface area contributed by atoms with E-state index in [0.717, 1.165) is 11.3 Å². The van der Waals surface area contributed by atoms with Gasteiger partial charge in [0.1, 0.15) is 0 Å². The van der Waals surface area contributed by atoms with Gasteiger partial charge in [-0.3, -0.25) is 4.79 Å². The number of hydrogen-bond acceptors (Lipinski definition) is 4. The van der Waals surface area contributed by atoms with Crippen LogP contribution in [-0.4, -0.2) is 38.0 Å². The molecule has 1 atom stereocenters. The number of hydrogen-bond donors (Lipinski definition) is 1. The second-order valence-corrected chi connectivity index (χ2v) is 3.99. The molecule has 5 nitrogen and oxygen atoms in total. The Balaban J connectivity index is 1.86. The van der Waals surface area contributed by atoms with Crippen LogP contribution in [0.2, 0.25) is 0 Å². The van der Waals surface area contributed by atoms with Gasteiger partial charge in [0, 0.05) is 20.1 Å². The highest BCUT2D eigenvalue weighted by atomic mass is 16.6. The number of carbonyl (C=O) groups excluding carboxylic acids is 1. The molecule has 5 heteroatoms. The van der Waals surface area contributed by atoms with Gasteiger partial charge in [-0.1, -0.05) is 35.5 Å². The fourth-order valence-corrected chi connectivity index (χ4v) is 1.71. The van der Waals surface area contributed by atoms with Crippen LogP contribution >= 0.6 is 0 Å². The van der Waals surface area contributed by atoms with E-state index in [9.17, 15) is 4.79 Å². The zero-order chi connectivity index (χ0) is 12.8. The van der Waals surface area contributed by atoms with Crippen LogP contribution in [0.25, 0.3) is 0 Å². The van der Waals surface area contributed by atoms with Crippen LogP contribution < -0.4 is 5.32 Å². The van der Waals surface area contributed by atoms with E-state index in [1.165, 1.54) is 0 Å². The molecule has 0 aromatic heterocycles. The Hall–Kier alpha value is -1.88. The second-order valence-electron chi connectivity index (χ2n) is 3.99. The smallest absolute Gasteiger partial charge is 0.264 e. The van der Waals surface area contributed by atoms with Gasteiger partial charge >= 0.3 is 0 Å². The molecule has 1 aliphatic heterocycles. The Morgan fingerprint density at radius 2 is 2.28 bits per heavy atom. The molecular weight excluding hydrogens is 232 g/mol. The normalized spacial score (nSPS) is 18.1.